The smallest absolute Gasteiger partial charge is 0.113 e. The van der Waals surface area contributed by atoms with E-state index in [1.807, 2.05) is 54.2 Å². The lowest BCUT2D eigenvalue weighted by atomic mass is 10.3. The van der Waals surface area contributed by atoms with Crippen LogP contribution in [0.4, 0.5) is 0 Å². The van der Waals surface area contributed by atoms with Crippen LogP contribution in [0.25, 0.3) is 11.0 Å². The predicted molar refractivity (Wildman–Crippen MR) is 73.6 cm³/mol. The predicted octanol–water partition coefficient (Wildman–Crippen LogP) is 1.59. The van der Waals surface area contributed by atoms with Gasteiger partial charge < -0.3 is 5.32 Å². The first-order valence-corrected chi connectivity index (χ1v) is 6.24. The number of fused-ring (bicyclic) bond motifs is 1. The summed E-state index contributed by atoms with van der Waals surface area (Å²) >= 11 is 0. The lowest BCUT2D eigenvalue weighted by Crippen LogP contribution is -2.09. The quantitative estimate of drug-likeness (QED) is 0.767. The van der Waals surface area contributed by atoms with Crippen molar-refractivity contribution in [1.29, 1.82) is 0 Å². The Labute approximate surface area is 111 Å². The van der Waals surface area contributed by atoms with Gasteiger partial charge in [0.2, 0.25) is 0 Å². The van der Waals surface area contributed by atoms with Crippen LogP contribution in [0.1, 0.15) is 11.4 Å². The highest BCUT2D eigenvalue weighted by atomic mass is 15.4. The van der Waals surface area contributed by atoms with Crippen LogP contribution >= 0.6 is 0 Å². The van der Waals surface area contributed by atoms with E-state index in [2.05, 4.69) is 20.6 Å². The molecule has 5 heteroatoms. The van der Waals surface area contributed by atoms with Crippen molar-refractivity contribution in [2.24, 2.45) is 0 Å². The molecule has 1 N–H and O–H groups in total. The number of rotatable bonds is 4. The molecule has 0 radical (unpaired) electrons. The average Bonchev–Trinajstić information content (AvgIpc) is 2.83. The van der Waals surface area contributed by atoms with Crippen molar-refractivity contribution >= 4 is 11.0 Å². The van der Waals surface area contributed by atoms with Gasteiger partial charge in [-0.25, -0.2) is 4.68 Å². The van der Waals surface area contributed by atoms with Gasteiger partial charge in [0.05, 0.1) is 23.4 Å². The topological polar surface area (TPSA) is 55.6 Å². The second-order valence-electron chi connectivity index (χ2n) is 4.39. The first kappa shape index (κ1) is 11.8. The molecule has 3 rings (SSSR count). The lowest BCUT2D eigenvalue weighted by molar-refractivity contribution is 0.652. The Balaban J connectivity index is 1.90. The standard InChI is InChI=1S/C14H15N5/c1-15-9-11-5-4-6-12(16-11)10-19-14-8-3-2-7-13(14)17-18-19/h2-8,15H,9-10H2,1H3. The van der Waals surface area contributed by atoms with Crippen LogP contribution in [0, 0.1) is 0 Å². The van der Waals surface area contributed by atoms with Crippen LogP contribution in [0.3, 0.4) is 0 Å². The SMILES string of the molecule is CNCc1cccc(Cn2nnc3ccccc32)n1. The summed E-state index contributed by atoms with van der Waals surface area (Å²) in [6.07, 6.45) is 0. The first-order valence-electron chi connectivity index (χ1n) is 6.24. The third kappa shape index (κ3) is 2.46. The molecule has 0 saturated carbocycles. The number of hydrogen-bond donors (Lipinski definition) is 1. The number of benzene rings is 1. The molecular weight excluding hydrogens is 238 g/mol. The van der Waals surface area contributed by atoms with Crippen LogP contribution in [0.2, 0.25) is 0 Å². The molecule has 0 aliphatic carbocycles. The Morgan fingerprint density at radius 1 is 1.05 bits per heavy atom. The van der Waals surface area contributed by atoms with E-state index in [1.54, 1.807) is 0 Å². The molecule has 0 amide bonds. The molecule has 0 unspecified atom stereocenters. The molecule has 0 aliphatic heterocycles. The Morgan fingerprint density at radius 2 is 1.89 bits per heavy atom. The van der Waals surface area contributed by atoms with Crippen molar-refractivity contribution in [3.63, 3.8) is 0 Å². The minimum Gasteiger partial charge on any atom is -0.314 e. The van der Waals surface area contributed by atoms with Crippen LogP contribution < -0.4 is 5.32 Å². The lowest BCUT2D eigenvalue weighted by Gasteiger charge is -2.04. The van der Waals surface area contributed by atoms with E-state index >= 15 is 0 Å². The summed E-state index contributed by atoms with van der Waals surface area (Å²) < 4.78 is 1.88. The van der Waals surface area contributed by atoms with Gasteiger partial charge in [-0.1, -0.05) is 23.4 Å². The number of para-hydroxylation sites is 1. The third-order valence-corrected chi connectivity index (χ3v) is 2.95. The Morgan fingerprint density at radius 3 is 2.79 bits per heavy atom. The highest BCUT2D eigenvalue weighted by Gasteiger charge is 2.05. The summed E-state index contributed by atoms with van der Waals surface area (Å²) in [7, 11) is 1.92. The molecule has 0 spiro atoms. The van der Waals surface area contributed by atoms with E-state index < -0.39 is 0 Å². The molecule has 3 aromatic rings. The molecule has 1 aromatic carbocycles. The molecule has 19 heavy (non-hydrogen) atoms. The molecule has 96 valence electrons. The van der Waals surface area contributed by atoms with E-state index in [1.165, 1.54) is 0 Å². The van der Waals surface area contributed by atoms with Gasteiger partial charge in [-0.3, -0.25) is 4.98 Å². The minimum atomic E-state index is 0.637. The number of nitrogens with one attached hydrogen (secondary N) is 1. The van der Waals surface area contributed by atoms with Crippen LogP contribution in [-0.4, -0.2) is 27.0 Å². The summed E-state index contributed by atoms with van der Waals surface area (Å²) in [4.78, 5) is 4.59. The van der Waals surface area contributed by atoms with E-state index in [9.17, 15) is 0 Å². The molecule has 0 bridgehead atoms. The maximum atomic E-state index is 4.59. The normalized spacial score (nSPS) is 11.0. The average molecular weight is 253 g/mol. The highest BCUT2D eigenvalue weighted by molar-refractivity contribution is 5.73. The number of hydrogen-bond acceptors (Lipinski definition) is 4. The fourth-order valence-corrected chi connectivity index (χ4v) is 2.08. The van der Waals surface area contributed by atoms with Gasteiger partial charge in [0.25, 0.3) is 0 Å². The number of pyridine rings is 1. The number of aromatic nitrogens is 4. The van der Waals surface area contributed by atoms with Gasteiger partial charge >= 0.3 is 0 Å². The van der Waals surface area contributed by atoms with E-state index in [0.29, 0.717) is 6.54 Å². The van der Waals surface area contributed by atoms with Crippen LogP contribution in [0.5, 0.6) is 0 Å². The van der Waals surface area contributed by atoms with E-state index in [0.717, 1.165) is 29.0 Å². The van der Waals surface area contributed by atoms with Crippen LogP contribution in [0.15, 0.2) is 42.5 Å². The minimum absolute atomic E-state index is 0.637. The summed E-state index contributed by atoms with van der Waals surface area (Å²) in [5.74, 6) is 0. The van der Waals surface area contributed by atoms with Crippen LogP contribution in [-0.2, 0) is 13.1 Å². The zero-order valence-corrected chi connectivity index (χ0v) is 10.7. The van der Waals surface area contributed by atoms with Crippen molar-refractivity contribution in [3.8, 4) is 0 Å². The Bertz CT molecular complexity index is 689. The maximum absolute atomic E-state index is 4.59. The van der Waals surface area contributed by atoms with Crippen molar-refractivity contribution in [2.45, 2.75) is 13.1 Å². The van der Waals surface area contributed by atoms with Gasteiger partial charge in [0, 0.05) is 6.54 Å². The molecule has 5 nitrogen and oxygen atoms in total. The number of nitrogens with zero attached hydrogens (tertiary/aromatic N) is 4. The maximum Gasteiger partial charge on any atom is 0.113 e. The second-order valence-corrected chi connectivity index (χ2v) is 4.39. The molecule has 0 fully saturated rings. The Hall–Kier alpha value is -2.27. The molecule has 0 saturated heterocycles. The first-order chi connectivity index (χ1) is 9.36. The van der Waals surface area contributed by atoms with E-state index in [-0.39, 0.29) is 0 Å². The van der Waals surface area contributed by atoms with Crippen molar-refractivity contribution < 1.29 is 0 Å². The van der Waals surface area contributed by atoms with Gasteiger partial charge in [-0.2, -0.15) is 0 Å². The molecular formula is C14H15N5. The van der Waals surface area contributed by atoms with Gasteiger partial charge in [0.15, 0.2) is 0 Å². The van der Waals surface area contributed by atoms with Gasteiger partial charge in [0.1, 0.15) is 5.52 Å². The van der Waals surface area contributed by atoms with Gasteiger partial charge in [-0.15, -0.1) is 5.10 Å². The van der Waals surface area contributed by atoms with Crippen molar-refractivity contribution in [3.05, 3.63) is 53.9 Å². The summed E-state index contributed by atoms with van der Waals surface area (Å²) in [6.45, 7) is 1.41. The zero-order valence-electron chi connectivity index (χ0n) is 10.7. The summed E-state index contributed by atoms with van der Waals surface area (Å²) in [6, 6.07) is 14.0. The third-order valence-electron chi connectivity index (χ3n) is 2.95. The fourth-order valence-electron chi connectivity index (χ4n) is 2.08. The molecule has 0 atom stereocenters. The van der Waals surface area contributed by atoms with E-state index in [4.69, 9.17) is 0 Å². The summed E-state index contributed by atoms with van der Waals surface area (Å²) in [5, 5.41) is 11.4. The second kappa shape index (κ2) is 5.16. The molecule has 2 heterocycles. The Kier molecular flexibility index (Phi) is 3.20. The molecule has 0 aliphatic rings. The van der Waals surface area contributed by atoms with Gasteiger partial charge in [-0.05, 0) is 31.3 Å². The monoisotopic (exact) mass is 253 g/mol. The largest absolute Gasteiger partial charge is 0.314 e. The van der Waals surface area contributed by atoms with Crippen molar-refractivity contribution in [2.75, 3.05) is 7.05 Å². The molecule has 2 aromatic heterocycles. The zero-order chi connectivity index (χ0) is 13.1. The fraction of sp³-hybridized carbons (Fsp3) is 0.214. The highest BCUT2D eigenvalue weighted by Crippen LogP contribution is 2.11. The van der Waals surface area contributed by atoms with Crippen molar-refractivity contribution in [1.82, 2.24) is 25.3 Å². The summed E-state index contributed by atoms with van der Waals surface area (Å²) in [5.41, 5.74) is 3.96.